The van der Waals surface area contributed by atoms with Crippen molar-refractivity contribution >= 4 is 29.3 Å². The van der Waals surface area contributed by atoms with Crippen LogP contribution < -0.4 is 10.6 Å². The van der Waals surface area contributed by atoms with E-state index in [4.69, 9.17) is 0 Å². The summed E-state index contributed by atoms with van der Waals surface area (Å²) >= 11 is 1.26. The standard InChI is InChI=1S/C25H24N6O2S/c1-17(24(33)27-23(19-10-5-3-6-11-19)20-12-7-4-8-13-20)34-25-28-29-30-31(25)22-15-9-14-21(16-22)26-18(2)32/h3-17,23H,1-2H3,(H,26,32)(H,27,33)/t17-/m1/s1. The second-order valence-electron chi connectivity index (χ2n) is 7.63. The Hall–Kier alpha value is -3.98. The van der Waals surface area contributed by atoms with Crippen LogP contribution in [0.4, 0.5) is 5.69 Å². The molecule has 4 aromatic rings. The Labute approximate surface area is 201 Å². The molecule has 0 aliphatic carbocycles. The van der Waals surface area contributed by atoms with Crippen molar-refractivity contribution in [1.29, 1.82) is 0 Å². The lowest BCUT2D eigenvalue weighted by molar-refractivity contribution is -0.120. The third-order valence-electron chi connectivity index (χ3n) is 5.06. The van der Waals surface area contributed by atoms with Gasteiger partial charge in [0.2, 0.25) is 17.0 Å². The molecule has 3 aromatic carbocycles. The van der Waals surface area contributed by atoms with Crippen LogP contribution in [-0.2, 0) is 9.59 Å². The number of nitrogens with one attached hydrogen (secondary N) is 2. The van der Waals surface area contributed by atoms with Crippen LogP contribution in [0, 0.1) is 0 Å². The molecule has 8 nitrogen and oxygen atoms in total. The molecule has 0 bridgehead atoms. The molecule has 1 heterocycles. The molecule has 4 rings (SSSR count). The summed E-state index contributed by atoms with van der Waals surface area (Å²) in [5.41, 5.74) is 3.31. The number of tetrazole rings is 1. The van der Waals surface area contributed by atoms with Gasteiger partial charge in [-0.1, -0.05) is 78.5 Å². The van der Waals surface area contributed by atoms with E-state index in [2.05, 4.69) is 26.2 Å². The van der Waals surface area contributed by atoms with Crippen molar-refractivity contribution in [2.75, 3.05) is 5.32 Å². The number of amides is 2. The van der Waals surface area contributed by atoms with Crippen molar-refractivity contribution in [2.24, 2.45) is 0 Å². The first-order chi connectivity index (χ1) is 16.5. The van der Waals surface area contributed by atoms with Gasteiger partial charge in [-0.05, 0) is 46.7 Å². The summed E-state index contributed by atoms with van der Waals surface area (Å²) in [4.78, 5) is 24.6. The van der Waals surface area contributed by atoms with Crippen LogP contribution in [0.3, 0.4) is 0 Å². The van der Waals surface area contributed by atoms with Crippen LogP contribution in [0.15, 0.2) is 90.1 Å². The normalized spacial score (nSPS) is 11.7. The number of rotatable bonds is 8. The quantitative estimate of drug-likeness (QED) is 0.376. The Morgan fingerprint density at radius 1 is 0.912 bits per heavy atom. The number of aromatic nitrogens is 4. The van der Waals surface area contributed by atoms with E-state index in [0.717, 1.165) is 11.1 Å². The minimum atomic E-state index is -0.460. The molecule has 0 fully saturated rings. The number of hydrogen-bond acceptors (Lipinski definition) is 6. The van der Waals surface area contributed by atoms with E-state index in [0.29, 0.717) is 16.5 Å². The largest absolute Gasteiger partial charge is 0.344 e. The molecular formula is C25H24N6O2S. The first kappa shape index (κ1) is 23.2. The van der Waals surface area contributed by atoms with E-state index in [-0.39, 0.29) is 17.9 Å². The zero-order chi connectivity index (χ0) is 23.9. The van der Waals surface area contributed by atoms with Crippen molar-refractivity contribution in [3.8, 4) is 5.69 Å². The van der Waals surface area contributed by atoms with E-state index < -0.39 is 5.25 Å². The molecule has 2 amide bonds. The molecule has 0 aliphatic rings. The van der Waals surface area contributed by atoms with E-state index in [1.54, 1.807) is 22.9 Å². The molecule has 1 atom stereocenters. The van der Waals surface area contributed by atoms with Gasteiger partial charge in [-0.25, -0.2) is 0 Å². The molecule has 0 aliphatic heterocycles. The first-order valence-electron chi connectivity index (χ1n) is 10.7. The summed E-state index contributed by atoms with van der Waals surface area (Å²) in [6, 6.07) is 26.6. The van der Waals surface area contributed by atoms with Crippen molar-refractivity contribution in [3.63, 3.8) is 0 Å². The highest BCUT2D eigenvalue weighted by Crippen LogP contribution is 2.26. The highest BCUT2D eigenvalue weighted by atomic mass is 32.2. The van der Waals surface area contributed by atoms with Crippen LogP contribution >= 0.6 is 11.8 Å². The Morgan fingerprint density at radius 3 is 2.18 bits per heavy atom. The van der Waals surface area contributed by atoms with Crippen LogP contribution in [0.5, 0.6) is 0 Å². The van der Waals surface area contributed by atoms with Crippen LogP contribution in [0.2, 0.25) is 0 Å². The Bertz CT molecular complexity index is 1220. The first-order valence-corrected chi connectivity index (χ1v) is 11.6. The monoisotopic (exact) mass is 472 g/mol. The van der Waals surface area contributed by atoms with Gasteiger partial charge in [-0.2, -0.15) is 4.68 Å². The summed E-state index contributed by atoms with van der Waals surface area (Å²) in [7, 11) is 0. The molecular weight excluding hydrogens is 448 g/mol. The van der Waals surface area contributed by atoms with Crippen molar-refractivity contribution in [2.45, 2.75) is 30.3 Å². The summed E-state index contributed by atoms with van der Waals surface area (Å²) in [6.07, 6.45) is 0. The van der Waals surface area contributed by atoms with Gasteiger partial charge in [0.05, 0.1) is 17.0 Å². The smallest absolute Gasteiger partial charge is 0.234 e. The Morgan fingerprint density at radius 2 is 1.56 bits per heavy atom. The van der Waals surface area contributed by atoms with Gasteiger partial charge in [0.1, 0.15) is 0 Å². The molecule has 172 valence electrons. The molecule has 2 N–H and O–H groups in total. The minimum absolute atomic E-state index is 0.135. The number of carbonyl (C=O) groups is 2. The number of hydrogen-bond donors (Lipinski definition) is 2. The average Bonchev–Trinajstić information content (AvgIpc) is 3.31. The predicted molar refractivity (Wildman–Crippen MR) is 132 cm³/mol. The number of carbonyl (C=O) groups excluding carboxylic acids is 2. The van der Waals surface area contributed by atoms with Gasteiger partial charge in [-0.3, -0.25) is 9.59 Å². The van der Waals surface area contributed by atoms with E-state index in [9.17, 15) is 9.59 Å². The van der Waals surface area contributed by atoms with Crippen molar-refractivity contribution < 1.29 is 9.59 Å². The maximum Gasteiger partial charge on any atom is 0.234 e. The Kier molecular flexibility index (Phi) is 7.34. The summed E-state index contributed by atoms with van der Waals surface area (Å²) in [6.45, 7) is 3.27. The summed E-state index contributed by atoms with van der Waals surface area (Å²) in [5, 5.41) is 17.9. The second kappa shape index (κ2) is 10.8. The maximum absolute atomic E-state index is 13.2. The van der Waals surface area contributed by atoms with E-state index in [1.165, 1.54) is 18.7 Å². The number of benzene rings is 3. The molecule has 0 saturated heterocycles. The van der Waals surface area contributed by atoms with Crippen molar-refractivity contribution in [1.82, 2.24) is 25.5 Å². The fourth-order valence-electron chi connectivity index (χ4n) is 3.45. The third kappa shape index (κ3) is 5.68. The van der Waals surface area contributed by atoms with Crippen LogP contribution in [0.1, 0.15) is 31.0 Å². The zero-order valence-corrected chi connectivity index (χ0v) is 19.6. The topological polar surface area (TPSA) is 102 Å². The molecule has 0 radical (unpaired) electrons. The molecule has 0 saturated carbocycles. The number of anilines is 1. The minimum Gasteiger partial charge on any atom is -0.344 e. The summed E-state index contributed by atoms with van der Waals surface area (Å²) in [5.74, 6) is -0.301. The van der Waals surface area contributed by atoms with Crippen LogP contribution in [-0.4, -0.2) is 37.3 Å². The lowest BCUT2D eigenvalue weighted by Gasteiger charge is -2.22. The van der Waals surface area contributed by atoms with Gasteiger partial charge in [0, 0.05) is 12.6 Å². The van der Waals surface area contributed by atoms with E-state index >= 15 is 0 Å². The number of thioether (sulfide) groups is 1. The Balaban J connectivity index is 1.51. The molecule has 1 aromatic heterocycles. The lowest BCUT2D eigenvalue weighted by atomic mass is 9.98. The molecule has 9 heteroatoms. The second-order valence-corrected chi connectivity index (χ2v) is 8.94. The molecule has 0 unspecified atom stereocenters. The van der Waals surface area contributed by atoms with E-state index in [1.807, 2.05) is 73.7 Å². The fraction of sp³-hybridized carbons (Fsp3) is 0.160. The summed E-state index contributed by atoms with van der Waals surface area (Å²) < 4.78 is 1.55. The highest BCUT2D eigenvalue weighted by molar-refractivity contribution is 8.00. The maximum atomic E-state index is 13.2. The highest BCUT2D eigenvalue weighted by Gasteiger charge is 2.23. The molecule has 0 spiro atoms. The predicted octanol–water partition coefficient (Wildman–Crippen LogP) is 4.01. The molecule has 34 heavy (non-hydrogen) atoms. The van der Waals surface area contributed by atoms with Gasteiger partial charge in [0.25, 0.3) is 0 Å². The van der Waals surface area contributed by atoms with Crippen molar-refractivity contribution in [3.05, 3.63) is 96.1 Å². The zero-order valence-electron chi connectivity index (χ0n) is 18.8. The van der Waals surface area contributed by atoms with Gasteiger partial charge >= 0.3 is 0 Å². The van der Waals surface area contributed by atoms with Gasteiger partial charge in [0.15, 0.2) is 0 Å². The SMILES string of the molecule is CC(=O)Nc1cccc(-n2nnnc2S[C@H](C)C(=O)NC(c2ccccc2)c2ccccc2)c1. The van der Waals surface area contributed by atoms with Crippen LogP contribution in [0.25, 0.3) is 5.69 Å². The third-order valence-corrected chi connectivity index (χ3v) is 6.09. The lowest BCUT2D eigenvalue weighted by Crippen LogP contribution is -2.35. The number of nitrogens with zero attached hydrogens (tertiary/aromatic N) is 4. The average molecular weight is 473 g/mol. The fourth-order valence-corrected chi connectivity index (χ4v) is 4.27. The van der Waals surface area contributed by atoms with Gasteiger partial charge in [-0.15, -0.1) is 5.10 Å². The van der Waals surface area contributed by atoms with Gasteiger partial charge < -0.3 is 10.6 Å².